The van der Waals surface area contributed by atoms with E-state index in [9.17, 15) is 13.2 Å². The molecule has 26 heavy (non-hydrogen) atoms. The van der Waals surface area contributed by atoms with Crippen molar-refractivity contribution in [1.29, 1.82) is 0 Å². The topological polar surface area (TPSA) is 66.5 Å². The summed E-state index contributed by atoms with van der Waals surface area (Å²) in [5.74, 6) is -0.0591. The highest BCUT2D eigenvalue weighted by molar-refractivity contribution is 8.00. The van der Waals surface area contributed by atoms with Crippen molar-refractivity contribution < 1.29 is 13.2 Å². The van der Waals surface area contributed by atoms with Gasteiger partial charge in [-0.25, -0.2) is 8.42 Å². The molecule has 1 unspecified atom stereocenters. The van der Waals surface area contributed by atoms with Crippen molar-refractivity contribution in [2.75, 3.05) is 13.1 Å². The van der Waals surface area contributed by atoms with Gasteiger partial charge in [0.05, 0.1) is 11.8 Å². The Morgan fingerprint density at radius 2 is 1.88 bits per heavy atom. The third-order valence-electron chi connectivity index (χ3n) is 4.16. The van der Waals surface area contributed by atoms with Gasteiger partial charge in [0.1, 0.15) is 4.21 Å². The molecule has 2 heterocycles. The van der Waals surface area contributed by atoms with E-state index < -0.39 is 10.0 Å². The lowest BCUT2D eigenvalue weighted by molar-refractivity contribution is -0.120. The number of hydrogen-bond acceptors (Lipinski definition) is 5. The molecule has 1 saturated heterocycles. The van der Waals surface area contributed by atoms with Crippen LogP contribution < -0.4 is 5.32 Å². The van der Waals surface area contributed by atoms with Gasteiger partial charge in [0.2, 0.25) is 5.91 Å². The molecule has 1 aliphatic heterocycles. The van der Waals surface area contributed by atoms with Crippen LogP contribution in [0.3, 0.4) is 0 Å². The molecule has 0 bridgehead atoms. The van der Waals surface area contributed by atoms with E-state index in [-0.39, 0.29) is 11.2 Å². The lowest BCUT2D eigenvalue weighted by Gasteiger charge is -2.13. The van der Waals surface area contributed by atoms with E-state index in [1.807, 2.05) is 37.3 Å². The van der Waals surface area contributed by atoms with Gasteiger partial charge >= 0.3 is 0 Å². The maximum absolute atomic E-state index is 12.5. The van der Waals surface area contributed by atoms with Gasteiger partial charge < -0.3 is 5.32 Å². The Labute approximate surface area is 162 Å². The molecule has 1 N–H and O–H groups in total. The minimum absolute atomic E-state index is 0.0591. The Bertz CT molecular complexity index is 844. The molecule has 1 aromatic heterocycles. The number of sulfonamides is 1. The highest BCUT2D eigenvalue weighted by atomic mass is 32.2. The van der Waals surface area contributed by atoms with Crippen molar-refractivity contribution in [3.05, 3.63) is 47.3 Å². The zero-order valence-electron chi connectivity index (χ0n) is 14.6. The Kier molecular flexibility index (Phi) is 6.39. The Morgan fingerprint density at radius 3 is 2.58 bits per heavy atom. The molecule has 1 aliphatic rings. The number of benzene rings is 1. The number of hydrogen-bond donors (Lipinski definition) is 1. The molecular weight excluding hydrogens is 388 g/mol. The maximum atomic E-state index is 12.5. The first kappa shape index (κ1) is 19.4. The average molecular weight is 411 g/mol. The van der Waals surface area contributed by atoms with E-state index in [1.165, 1.54) is 23.1 Å². The van der Waals surface area contributed by atoms with Crippen molar-refractivity contribution in [3.8, 4) is 0 Å². The number of carbonyl (C=O) groups excluding carboxylic acids is 1. The third-order valence-corrected chi connectivity index (χ3v) is 8.72. The minimum Gasteiger partial charge on any atom is -0.350 e. The van der Waals surface area contributed by atoms with Gasteiger partial charge in [-0.2, -0.15) is 4.31 Å². The standard InChI is InChI=1S/C18H22N2O3S3/c1-14(24-15-7-3-2-4-8-15)18(21)19-13-16-9-10-17(25-16)26(22,23)20-11-5-6-12-20/h2-4,7-10,14H,5-6,11-13H2,1H3,(H,19,21). The van der Waals surface area contributed by atoms with Gasteiger partial charge in [0.25, 0.3) is 10.0 Å². The molecule has 140 valence electrons. The van der Waals surface area contributed by atoms with Crippen molar-refractivity contribution in [2.24, 2.45) is 0 Å². The fraction of sp³-hybridized carbons (Fsp3) is 0.389. The monoisotopic (exact) mass is 410 g/mol. The minimum atomic E-state index is -3.38. The van der Waals surface area contributed by atoms with E-state index in [0.717, 1.165) is 22.6 Å². The van der Waals surface area contributed by atoms with Crippen molar-refractivity contribution in [1.82, 2.24) is 9.62 Å². The first-order chi connectivity index (χ1) is 12.5. The van der Waals surface area contributed by atoms with Crippen molar-refractivity contribution >= 4 is 39.0 Å². The molecule has 2 aromatic rings. The van der Waals surface area contributed by atoms with Crippen LogP contribution in [0.5, 0.6) is 0 Å². The fourth-order valence-corrected chi connectivity index (χ4v) is 6.60. The van der Waals surface area contributed by atoms with Crippen LogP contribution >= 0.6 is 23.1 Å². The number of amides is 1. The molecule has 1 amide bonds. The third kappa shape index (κ3) is 4.68. The van der Waals surface area contributed by atoms with Crippen LogP contribution in [0.15, 0.2) is 51.6 Å². The zero-order valence-corrected chi connectivity index (χ0v) is 17.0. The van der Waals surface area contributed by atoms with Crippen LogP contribution in [-0.4, -0.2) is 37.0 Å². The lowest BCUT2D eigenvalue weighted by Crippen LogP contribution is -2.30. The summed E-state index contributed by atoms with van der Waals surface area (Å²) in [6.45, 7) is 3.41. The summed E-state index contributed by atoms with van der Waals surface area (Å²) < 4.78 is 27.0. The number of rotatable bonds is 7. The predicted molar refractivity (Wildman–Crippen MR) is 106 cm³/mol. The maximum Gasteiger partial charge on any atom is 0.252 e. The summed E-state index contributed by atoms with van der Waals surface area (Å²) in [5.41, 5.74) is 0. The SMILES string of the molecule is CC(Sc1ccccc1)C(=O)NCc1ccc(S(=O)(=O)N2CCCC2)s1. The summed E-state index contributed by atoms with van der Waals surface area (Å²) in [5, 5.41) is 2.68. The molecular formula is C18H22N2O3S3. The Balaban J connectivity index is 1.55. The van der Waals surface area contributed by atoms with Gasteiger partial charge in [-0.15, -0.1) is 23.1 Å². The van der Waals surface area contributed by atoms with Crippen LogP contribution in [0.4, 0.5) is 0 Å². The Hall–Kier alpha value is -1.35. The lowest BCUT2D eigenvalue weighted by atomic mass is 10.4. The van der Waals surface area contributed by atoms with Crippen molar-refractivity contribution in [3.63, 3.8) is 0 Å². The van der Waals surface area contributed by atoms with Crippen LogP contribution in [0.25, 0.3) is 0 Å². The average Bonchev–Trinajstić information content (AvgIpc) is 3.32. The van der Waals surface area contributed by atoms with Gasteiger partial charge in [-0.05, 0) is 44.0 Å². The van der Waals surface area contributed by atoms with Crippen LogP contribution in [-0.2, 0) is 21.4 Å². The summed E-state index contributed by atoms with van der Waals surface area (Å²) in [4.78, 5) is 14.2. The smallest absolute Gasteiger partial charge is 0.252 e. The molecule has 1 aromatic carbocycles. The Morgan fingerprint density at radius 1 is 1.19 bits per heavy atom. The molecule has 8 heteroatoms. The number of nitrogens with one attached hydrogen (secondary N) is 1. The molecule has 1 fully saturated rings. The second-order valence-electron chi connectivity index (χ2n) is 6.12. The van der Waals surface area contributed by atoms with Gasteiger partial charge in [0.15, 0.2) is 0 Å². The van der Waals surface area contributed by atoms with Crippen LogP contribution in [0, 0.1) is 0 Å². The van der Waals surface area contributed by atoms with Gasteiger partial charge in [-0.1, -0.05) is 18.2 Å². The van der Waals surface area contributed by atoms with E-state index in [2.05, 4.69) is 5.32 Å². The van der Waals surface area contributed by atoms with Gasteiger partial charge in [-0.3, -0.25) is 4.79 Å². The van der Waals surface area contributed by atoms with E-state index >= 15 is 0 Å². The van der Waals surface area contributed by atoms with E-state index in [4.69, 9.17) is 0 Å². The number of carbonyl (C=O) groups is 1. The van der Waals surface area contributed by atoms with E-state index in [0.29, 0.717) is 23.8 Å². The quantitative estimate of drug-likeness (QED) is 0.711. The largest absolute Gasteiger partial charge is 0.350 e. The zero-order chi connectivity index (χ0) is 18.6. The number of nitrogens with zero attached hydrogens (tertiary/aromatic N) is 1. The first-order valence-electron chi connectivity index (χ1n) is 8.55. The van der Waals surface area contributed by atoms with Crippen LogP contribution in [0.1, 0.15) is 24.6 Å². The van der Waals surface area contributed by atoms with Gasteiger partial charge in [0, 0.05) is 22.9 Å². The molecule has 5 nitrogen and oxygen atoms in total. The molecule has 3 rings (SSSR count). The highest BCUT2D eigenvalue weighted by Crippen LogP contribution is 2.27. The summed E-state index contributed by atoms with van der Waals surface area (Å²) in [6.07, 6.45) is 1.84. The number of thioether (sulfide) groups is 1. The molecule has 1 atom stereocenters. The normalized spacial score (nSPS) is 16.5. The van der Waals surface area contributed by atoms with E-state index in [1.54, 1.807) is 16.4 Å². The summed E-state index contributed by atoms with van der Waals surface area (Å²) in [7, 11) is -3.38. The molecule has 0 spiro atoms. The second-order valence-corrected chi connectivity index (χ2v) is 10.9. The molecule has 0 radical (unpaired) electrons. The summed E-state index contributed by atoms with van der Waals surface area (Å²) in [6, 6.07) is 13.2. The number of thiophene rings is 1. The molecule has 0 aliphatic carbocycles. The van der Waals surface area contributed by atoms with Crippen LogP contribution in [0.2, 0.25) is 0 Å². The second kappa shape index (κ2) is 8.56. The molecule has 0 saturated carbocycles. The van der Waals surface area contributed by atoms with Crippen molar-refractivity contribution in [2.45, 2.75) is 40.7 Å². The summed E-state index contributed by atoms with van der Waals surface area (Å²) >= 11 is 2.74. The first-order valence-corrected chi connectivity index (χ1v) is 11.7. The fourth-order valence-electron chi connectivity index (χ4n) is 2.72. The highest BCUT2D eigenvalue weighted by Gasteiger charge is 2.28. The predicted octanol–water partition coefficient (Wildman–Crippen LogP) is 3.33.